The molecule has 2 aromatic heterocycles. The van der Waals surface area contributed by atoms with Gasteiger partial charge in [0.1, 0.15) is 0 Å². The Hall–Kier alpha value is -2.14. The largest absolute Gasteiger partial charge is 0.352 e. The Bertz CT molecular complexity index is 629. The molecule has 5 heteroatoms. The van der Waals surface area contributed by atoms with Crippen molar-refractivity contribution in [2.75, 3.05) is 4.90 Å². The van der Waals surface area contributed by atoms with E-state index in [4.69, 9.17) is 4.74 Å². The van der Waals surface area contributed by atoms with Crippen molar-refractivity contribution in [3.05, 3.63) is 42.9 Å². The van der Waals surface area contributed by atoms with Gasteiger partial charge in [0.15, 0.2) is 11.9 Å². The molecule has 98 valence electrons. The normalized spacial score (nSPS) is 18.7. The first kappa shape index (κ1) is 11.9. The monoisotopic (exact) mass is 256 g/mol. The van der Waals surface area contributed by atoms with Crippen molar-refractivity contribution in [1.29, 1.82) is 0 Å². The van der Waals surface area contributed by atoms with Gasteiger partial charge in [-0.2, -0.15) is 5.10 Å². The van der Waals surface area contributed by atoms with Crippen LogP contribution >= 0.6 is 0 Å². The van der Waals surface area contributed by atoms with E-state index in [1.807, 2.05) is 50.5 Å². The number of hydrogen-bond acceptors (Lipinski definition) is 4. The Morgan fingerprint density at radius 1 is 1.32 bits per heavy atom. The Morgan fingerprint density at radius 3 is 3.05 bits per heavy atom. The maximum atomic E-state index is 5.89. The van der Waals surface area contributed by atoms with Crippen molar-refractivity contribution in [3.63, 3.8) is 0 Å². The number of ether oxygens (including phenoxy) is 1. The van der Waals surface area contributed by atoms with Crippen LogP contribution in [0.2, 0.25) is 0 Å². The first-order valence-corrected chi connectivity index (χ1v) is 6.32. The lowest BCUT2D eigenvalue weighted by atomic mass is 10.2. The fraction of sp³-hybridized carbons (Fsp3) is 0.286. The summed E-state index contributed by atoms with van der Waals surface area (Å²) in [6, 6.07) is 2.05. The fourth-order valence-corrected chi connectivity index (χ4v) is 2.07. The highest BCUT2D eigenvalue weighted by Crippen LogP contribution is 2.24. The summed E-state index contributed by atoms with van der Waals surface area (Å²) in [4.78, 5) is 6.41. The second-order valence-electron chi connectivity index (χ2n) is 4.71. The van der Waals surface area contributed by atoms with Gasteiger partial charge in [0, 0.05) is 11.6 Å². The van der Waals surface area contributed by atoms with Crippen LogP contribution in [-0.2, 0) is 4.74 Å². The van der Waals surface area contributed by atoms with Crippen molar-refractivity contribution in [2.45, 2.75) is 26.2 Å². The molecule has 0 aromatic carbocycles. The molecule has 3 heterocycles. The molecule has 0 amide bonds. The molecule has 2 aromatic rings. The van der Waals surface area contributed by atoms with E-state index in [-0.39, 0.29) is 12.3 Å². The Labute approximate surface area is 111 Å². The van der Waals surface area contributed by atoms with E-state index in [1.54, 1.807) is 6.20 Å². The number of nitrogens with zero attached hydrogens (tertiary/aromatic N) is 3. The Balaban J connectivity index is 1.93. The third kappa shape index (κ3) is 2.37. The van der Waals surface area contributed by atoms with Gasteiger partial charge in [-0.05, 0) is 32.1 Å². The summed E-state index contributed by atoms with van der Waals surface area (Å²) in [5, 5.41) is 7.83. The lowest BCUT2D eigenvalue weighted by molar-refractivity contribution is 0.0381. The maximum absolute atomic E-state index is 5.89. The Morgan fingerprint density at radius 2 is 2.21 bits per heavy atom. The van der Waals surface area contributed by atoms with E-state index in [0.29, 0.717) is 0 Å². The molecule has 0 spiro atoms. The van der Waals surface area contributed by atoms with Crippen molar-refractivity contribution < 1.29 is 4.74 Å². The molecule has 3 rings (SSSR count). The van der Waals surface area contributed by atoms with Gasteiger partial charge in [-0.25, -0.2) is 4.98 Å². The van der Waals surface area contributed by atoms with Crippen LogP contribution in [0.15, 0.2) is 42.9 Å². The zero-order valence-corrected chi connectivity index (χ0v) is 10.9. The Kier molecular flexibility index (Phi) is 3.05. The van der Waals surface area contributed by atoms with Crippen LogP contribution < -0.4 is 4.90 Å². The third-order valence-electron chi connectivity index (χ3n) is 2.89. The van der Waals surface area contributed by atoms with Crippen LogP contribution in [0.5, 0.6) is 0 Å². The number of anilines is 1. The minimum Gasteiger partial charge on any atom is -0.352 e. The van der Waals surface area contributed by atoms with E-state index in [2.05, 4.69) is 20.1 Å². The molecule has 0 bridgehead atoms. The molecule has 1 unspecified atom stereocenters. The minimum atomic E-state index is -0.101. The number of fused-ring (bicyclic) bond motifs is 1. The summed E-state index contributed by atoms with van der Waals surface area (Å²) in [5.74, 6) is 0. The molecule has 0 fully saturated rings. The van der Waals surface area contributed by atoms with Crippen molar-refractivity contribution >= 4 is 16.7 Å². The third-order valence-corrected chi connectivity index (χ3v) is 2.89. The molecular weight excluding hydrogens is 240 g/mol. The standard InChI is InChI=1S/C14H16N4O/c1-10(2)19-13-5-3-4-6-18(13)12-7-11-8-16-17-14(11)15-9-12/h3-10,13H,1-2H3,(H,15,16,17). The van der Waals surface area contributed by atoms with Crippen LogP contribution in [0.3, 0.4) is 0 Å². The highest BCUT2D eigenvalue weighted by molar-refractivity contribution is 5.78. The predicted octanol–water partition coefficient (Wildman–Crippen LogP) is 2.60. The van der Waals surface area contributed by atoms with E-state index in [9.17, 15) is 0 Å². The van der Waals surface area contributed by atoms with Crippen molar-refractivity contribution in [1.82, 2.24) is 15.2 Å². The van der Waals surface area contributed by atoms with Crippen LogP contribution in [0.25, 0.3) is 11.0 Å². The number of rotatable bonds is 3. The van der Waals surface area contributed by atoms with Crippen LogP contribution in [0, 0.1) is 0 Å². The lowest BCUT2D eigenvalue weighted by Crippen LogP contribution is -2.34. The first-order chi connectivity index (χ1) is 9.24. The second kappa shape index (κ2) is 4.85. The molecule has 0 aliphatic carbocycles. The summed E-state index contributed by atoms with van der Waals surface area (Å²) >= 11 is 0. The molecule has 5 nitrogen and oxygen atoms in total. The predicted molar refractivity (Wildman–Crippen MR) is 74.7 cm³/mol. The van der Waals surface area contributed by atoms with Crippen LogP contribution in [0.1, 0.15) is 13.8 Å². The average molecular weight is 256 g/mol. The lowest BCUT2D eigenvalue weighted by Gasteiger charge is -2.31. The number of aromatic amines is 1. The number of allylic oxidation sites excluding steroid dienone is 2. The molecule has 19 heavy (non-hydrogen) atoms. The number of pyridine rings is 1. The van der Waals surface area contributed by atoms with Crippen LogP contribution in [-0.4, -0.2) is 27.5 Å². The van der Waals surface area contributed by atoms with E-state index in [0.717, 1.165) is 16.7 Å². The van der Waals surface area contributed by atoms with Gasteiger partial charge >= 0.3 is 0 Å². The van der Waals surface area contributed by atoms with Gasteiger partial charge in [0.2, 0.25) is 0 Å². The summed E-state index contributed by atoms with van der Waals surface area (Å²) in [7, 11) is 0. The van der Waals surface area contributed by atoms with Gasteiger partial charge < -0.3 is 9.64 Å². The van der Waals surface area contributed by atoms with E-state index in [1.165, 1.54) is 0 Å². The van der Waals surface area contributed by atoms with Crippen molar-refractivity contribution in [2.24, 2.45) is 0 Å². The molecule has 1 N–H and O–H groups in total. The summed E-state index contributed by atoms with van der Waals surface area (Å²) < 4.78 is 5.89. The van der Waals surface area contributed by atoms with Gasteiger partial charge in [-0.15, -0.1) is 0 Å². The zero-order chi connectivity index (χ0) is 13.2. The zero-order valence-electron chi connectivity index (χ0n) is 10.9. The molecule has 0 radical (unpaired) electrons. The highest BCUT2D eigenvalue weighted by Gasteiger charge is 2.18. The topological polar surface area (TPSA) is 54.0 Å². The SMILES string of the molecule is CC(C)OC1C=CC=CN1c1cnc2[nH]ncc2c1. The fourth-order valence-electron chi connectivity index (χ4n) is 2.07. The van der Waals surface area contributed by atoms with Crippen molar-refractivity contribution in [3.8, 4) is 0 Å². The maximum Gasteiger partial charge on any atom is 0.155 e. The summed E-state index contributed by atoms with van der Waals surface area (Å²) in [5.41, 5.74) is 1.78. The molecule has 0 saturated carbocycles. The smallest absolute Gasteiger partial charge is 0.155 e. The first-order valence-electron chi connectivity index (χ1n) is 6.32. The molecular formula is C14H16N4O. The van der Waals surface area contributed by atoms with E-state index >= 15 is 0 Å². The van der Waals surface area contributed by atoms with Gasteiger partial charge in [0.25, 0.3) is 0 Å². The number of H-pyrrole nitrogens is 1. The molecule has 1 aliphatic rings. The molecule has 0 saturated heterocycles. The minimum absolute atomic E-state index is 0.101. The second-order valence-corrected chi connectivity index (χ2v) is 4.71. The summed E-state index contributed by atoms with van der Waals surface area (Å²) in [6.07, 6.45) is 11.7. The highest BCUT2D eigenvalue weighted by atomic mass is 16.5. The van der Waals surface area contributed by atoms with E-state index < -0.39 is 0 Å². The number of nitrogens with one attached hydrogen (secondary N) is 1. The number of aromatic nitrogens is 3. The van der Waals surface area contributed by atoms with Crippen LogP contribution in [0.4, 0.5) is 5.69 Å². The quantitative estimate of drug-likeness (QED) is 0.917. The van der Waals surface area contributed by atoms with Gasteiger partial charge in [-0.3, -0.25) is 5.10 Å². The van der Waals surface area contributed by atoms with Gasteiger partial charge in [-0.1, -0.05) is 6.08 Å². The molecule has 1 aliphatic heterocycles. The van der Waals surface area contributed by atoms with Gasteiger partial charge in [0.05, 0.1) is 24.2 Å². The number of hydrogen-bond donors (Lipinski definition) is 1. The average Bonchev–Trinajstić information content (AvgIpc) is 2.86. The molecule has 1 atom stereocenters. The summed E-state index contributed by atoms with van der Waals surface area (Å²) in [6.45, 7) is 4.06.